The average Bonchev–Trinajstić information content (AvgIpc) is 3.29. The number of hydrogen-bond acceptors (Lipinski definition) is 4. The predicted octanol–water partition coefficient (Wildman–Crippen LogP) is 4.24. The molecule has 4 aromatic rings. The van der Waals surface area contributed by atoms with Gasteiger partial charge in [0, 0.05) is 17.5 Å². The van der Waals surface area contributed by atoms with E-state index in [1.165, 1.54) is 5.56 Å². The van der Waals surface area contributed by atoms with Crippen molar-refractivity contribution in [2.24, 2.45) is 7.05 Å². The number of carbonyl (C=O) groups excluding carboxylic acids is 1. The van der Waals surface area contributed by atoms with Crippen LogP contribution in [0.25, 0.3) is 22.3 Å². The maximum Gasteiger partial charge on any atom is 0.252 e. The summed E-state index contributed by atoms with van der Waals surface area (Å²) in [6.07, 6.45) is 1.70. The third-order valence-corrected chi connectivity index (χ3v) is 5.49. The molecule has 4 rings (SSSR count). The van der Waals surface area contributed by atoms with Crippen molar-refractivity contribution in [2.45, 2.75) is 20.4 Å². The van der Waals surface area contributed by atoms with Gasteiger partial charge in [-0.2, -0.15) is 5.10 Å². The minimum atomic E-state index is -0.116. The van der Waals surface area contributed by atoms with E-state index in [1.54, 1.807) is 22.2 Å². The lowest BCUT2D eigenvalue weighted by Crippen LogP contribution is -2.22. The van der Waals surface area contributed by atoms with Crippen LogP contribution in [0.4, 0.5) is 0 Å². The Hall–Kier alpha value is -2.99. The standard InChI is InChI=1S/C21H20N4OS/c1-13-6-7-16(14(2)9-13)19-10-17(18-12-23-25(3)20(18)24-19)21(26)22-11-15-5-4-8-27-15/h4-10,12H,11H2,1-3H3,(H,22,26). The molecule has 1 N–H and O–H groups in total. The summed E-state index contributed by atoms with van der Waals surface area (Å²) in [6.45, 7) is 4.64. The van der Waals surface area contributed by atoms with Crippen LogP contribution in [0.15, 0.2) is 48.0 Å². The Labute approximate surface area is 161 Å². The summed E-state index contributed by atoms with van der Waals surface area (Å²) < 4.78 is 1.71. The third kappa shape index (κ3) is 3.36. The van der Waals surface area contributed by atoms with Crippen LogP contribution in [-0.2, 0) is 13.6 Å². The first-order valence-electron chi connectivity index (χ1n) is 8.74. The van der Waals surface area contributed by atoms with E-state index in [0.29, 0.717) is 17.8 Å². The second kappa shape index (κ2) is 6.96. The van der Waals surface area contributed by atoms with Crippen molar-refractivity contribution in [3.05, 3.63) is 69.5 Å². The Balaban J connectivity index is 1.78. The van der Waals surface area contributed by atoms with Gasteiger partial charge in [-0.15, -0.1) is 11.3 Å². The summed E-state index contributed by atoms with van der Waals surface area (Å²) in [6, 6.07) is 12.1. The van der Waals surface area contributed by atoms with Crippen LogP contribution in [0.2, 0.25) is 0 Å². The van der Waals surface area contributed by atoms with Crippen LogP contribution in [0.5, 0.6) is 0 Å². The Kier molecular flexibility index (Phi) is 4.49. The maximum atomic E-state index is 12.9. The number of aryl methyl sites for hydroxylation is 3. The van der Waals surface area contributed by atoms with Gasteiger partial charge < -0.3 is 5.32 Å². The van der Waals surface area contributed by atoms with Crippen LogP contribution in [0.3, 0.4) is 0 Å². The molecule has 0 saturated heterocycles. The molecule has 3 aromatic heterocycles. The Bertz CT molecular complexity index is 1130. The number of amides is 1. The van der Waals surface area contributed by atoms with Gasteiger partial charge in [0.1, 0.15) is 0 Å². The summed E-state index contributed by atoms with van der Waals surface area (Å²) in [5.41, 5.74) is 5.44. The lowest BCUT2D eigenvalue weighted by molar-refractivity contribution is 0.0953. The van der Waals surface area contributed by atoms with Gasteiger partial charge in [-0.25, -0.2) is 4.98 Å². The fourth-order valence-corrected chi connectivity index (χ4v) is 3.86. The van der Waals surface area contributed by atoms with Gasteiger partial charge in [0.05, 0.1) is 29.4 Å². The highest BCUT2D eigenvalue weighted by Crippen LogP contribution is 2.27. The zero-order valence-electron chi connectivity index (χ0n) is 15.5. The number of carbonyl (C=O) groups is 1. The van der Waals surface area contributed by atoms with Crippen molar-refractivity contribution in [3.8, 4) is 11.3 Å². The highest BCUT2D eigenvalue weighted by atomic mass is 32.1. The minimum Gasteiger partial charge on any atom is -0.347 e. The van der Waals surface area contributed by atoms with E-state index in [0.717, 1.165) is 27.1 Å². The van der Waals surface area contributed by atoms with E-state index >= 15 is 0 Å². The largest absolute Gasteiger partial charge is 0.347 e. The number of benzene rings is 1. The lowest BCUT2D eigenvalue weighted by atomic mass is 10.0. The fraction of sp³-hybridized carbons (Fsp3) is 0.190. The van der Waals surface area contributed by atoms with Crippen molar-refractivity contribution < 1.29 is 4.79 Å². The molecule has 136 valence electrons. The van der Waals surface area contributed by atoms with E-state index in [1.807, 2.05) is 30.6 Å². The molecule has 0 unspecified atom stereocenters. The molecule has 1 amide bonds. The molecular weight excluding hydrogens is 356 g/mol. The van der Waals surface area contributed by atoms with Crippen LogP contribution in [0.1, 0.15) is 26.4 Å². The van der Waals surface area contributed by atoms with Gasteiger partial charge in [0.2, 0.25) is 0 Å². The van der Waals surface area contributed by atoms with Gasteiger partial charge >= 0.3 is 0 Å². The summed E-state index contributed by atoms with van der Waals surface area (Å²) in [4.78, 5) is 18.8. The molecule has 5 nitrogen and oxygen atoms in total. The first kappa shape index (κ1) is 17.4. The van der Waals surface area contributed by atoms with Crippen LogP contribution in [0, 0.1) is 13.8 Å². The molecule has 0 spiro atoms. The number of hydrogen-bond donors (Lipinski definition) is 1. The van der Waals surface area contributed by atoms with Crippen molar-refractivity contribution in [1.82, 2.24) is 20.1 Å². The molecule has 0 aliphatic carbocycles. The van der Waals surface area contributed by atoms with Crippen molar-refractivity contribution in [2.75, 3.05) is 0 Å². The van der Waals surface area contributed by atoms with Gasteiger partial charge in [-0.1, -0.05) is 29.8 Å². The summed E-state index contributed by atoms with van der Waals surface area (Å²) in [5.74, 6) is -0.116. The fourth-order valence-electron chi connectivity index (χ4n) is 3.22. The number of nitrogens with zero attached hydrogens (tertiary/aromatic N) is 3. The second-order valence-corrected chi connectivity index (χ2v) is 7.67. The number of thiophene rings is 1. The molecule has 0 aliphatic heterocycles. The van der Waals surface area contributed by atoms with E-state index in [4.69, 9.17) is 4.98 Å². The van der Waals surface area contributed by atoms with Crippen molar-refractivity contribution >= 4 is 28.3 Å². The molecule has 0 fully saturated rings. The first-order chi connectivity index (χ1) is 13.0. The molecule has 3 heterocycles. The number of fused-ring (bicyclic) bond motifs is 1. The van der Waals surface area contributed by atoms with Gasteiger partial charge in [-0.3, -0.25) is 9.48 Å². The second-order valence-electron chi connectivity index (χ2n) is 6.64. The molecule has 0 saturated carbocycles. The van der Waals surface area contributed by atoms with Gasteiger partial charge in [0.15, 0.2) is 5.65 Å². The van der Waals surface area contributed by atoms with Crippen molar-refractivity contribution in [1.29, 1.82) is 0 Å². The predicted molar refractivity (Wildman–Crippen MR) is 109 cm³/mol. The quantitative estimate of drug-likeness (QED) is 0.579. The smallest absolute Gasteiger partial charge is 0.252 e. The molecule has 0 radical (unpaired) electrons. The number of aromatic nitrogens is 3. The molecular formula is C21H20N4OS. The summed E-state index contributed by atoms with van der Waals surface area (Å²) in [5, 5.41) is 10.1. The van der Waals surface area contributed by atoms with Gasteiger partial charge in [0.25, 0.3) is 5.91 Å². The first-order valence-corrected chi connectivity index (χ1v) is 9.62. The zero-order chi connectivity index (χ0) is 19.0. The Morgan fingerprint density at radius 3 is 2.81 bits per heavy atom. The summed E-state index contributed by atoms with van der Waals surface area (Å²) >= 11 is 1.63. The monoisotopic (exact) mass is 376 g/mol. The van der Waals surface area contributed by atoms with E-state index in [2.05, 4.69) is 42.5 Å². The van der Waals surface area contributed by atoms with Crippen LogP contribution in [-0.4, -0.2) is 20.7 Å². The highest BCUT2D eigenvalue weighted by Gasteiger charge is 2.17. The topological polar surface area (TPSA) is 59.8 Å². The molecule has 0 bridgehead atoms. The Morgan fingerprint density at radius 2 is 2.07 bits per heavy atom. The van der Waals surface area contributed by atoms with Gasteiger partial charge in [-0.05, 0) is 36.9 Å². The van der Waals surface area contributed by atoms with E-state index < -0.39 is 0 Å². The third-order valence-electron chi connectivity index (χ3n) is 4.61. The highest BCUT2D eigenvalue weighted by molar-refractivity contribution is 7.09. The van der Waals surface area contributed by atoms with Crippen LogP contribution >= 0.6 is 11.3 Å². The molecule has 0 atom stereocenters. The van der Waals surface area contributed by atoms with E-state index in [-0.39, 0.29) is 5.91 Å². The number of rotatable bonds is 4. The number of nitrogens with one attached hydrogen (secondary N) is 1. The Morgan fingerprint density at radius 1 is 1.22 bits per heavy atom. The van der Waals surface area contributed by atoms with Crippen LogP contribution < -0.4 is 5.32 Å². The number of pyridine rings is 1. The zero-order valence-corrected chi connectivity index (χ0v) is 16.3. The normalized spacial score (nSPS) is 11.1. The minimum absolute atomic E-state index is 0.116. The summed E-state index contributed by atoms with van der Waals surface area (Å²) in [7, 11) is 1.84. The van der Waals surface area contributed by atoms with E-state index in [9.17, 15) is 4.79 Å². The molecule has 6 heteroatoms. The molecule has 0 aliphatic rings. The molecule has 27 heavy (non-hydrogen) atoms. The lowest BCUT2D eigenvalue weighted by Gasteiger charge is -2.10. The molecule has 1 aromatic carbocycles. The maximum absolute atomic E-state index is 12.9. The average molecular weight is 376 g/mol. The SMILES string of the molecule is Cc1ccc(-c2cc(C(=O)NCc3cccs3)c3cnn(C)c3n2)c(C)c1. The van der Waals surface area contributed by atoms with Crippen molar-refractivity contribution in [3.63, 3.8) is 0 Å².